The van der Waals surface area contributed by atoms with Gasteiger partial charge in [-0.1, -0.05) is 35.3 Å². The van der Waals surface area contributed by atoms with Crippen molar-refractivity contribution in [1.29, 1.82) is 0 Å². The highest BCUT2D eigenvalue weighted by atomic mass is 32.2. The summed E-state index contributed by atoms with van der Waals surface area (Å²) in [6.45, 7) is 5.66. The lowest BCUT2D eigenvalue weighted by atomic mass is 10.6. The fourth-order valence-electron chi connectivity index (χ4n) is 1.14. The third kappa shape index (κ3) is 3.16. The number of thiophene rings is 1. The van der Waals surface area contributed by atoms with Crippen molar-refractivity contribution >= 4 is 44.6 Å². The van der Waals surface area contributed by atoms with Crippen molar-refractivity contribution in [2.45, 2.75) is 18.7 Å². The van der Waals surface area contributed by atoms with E-state index >= 15 is 0 Å². The van der Waals surface area contributed by atoms with E-state index in [-0.39, 0.29) is 9.92 Å². The van der Waals surface area contributed by atoms with Crippen LogP contribution in [0.3, 0.4) is 0 Å². The molecule has 0 spiro atoms. The van der Waals surface area contributed by atoms with Crippen LogP contribution in [0.4, 0.5) is 5.00 Å². The highest BCUT2D eigenvalue weighted by Crippen LogP contribution is 2.35. The van der Waals surface area contributed by atoms with E-state index in [0.29, 0.717) is 9.22 Å². The summed E-state index contributed by atoms with van der Waals surface area (Å²) < 4.78 is 0.687. The van der Waals surface area contributed by atoms with E-state index in [1.54, 1.807) is 11.4 Å². The number of hydrogen-bond donors (Lipinski definition) is 0. The summed E-state index contributed by atoms with van der Waals surface area (Å²) in [5, 5.41) is 12.6. The van der Waals surface area contributed by atoms with Gasteiger partial charge in [-0.2, -0.15) is 0 Å². The molecular weight excluding hydrogens is 264 g/mol. The van der Waals surface area contributed by atoms with Gasteiger partial charge >= 0.3 is 5.00 Å². The highest BCUT2D eigenvalue weighted by molar-refractivity contribution is 8.23. The second-order valence-electron chi connectivity index (χ2n) is 2.89. The molecule has 0 amide bonds. The summed E-state index contributed by atoms with van der Waals surface area (Å²) in [5.74, 6) is 0. The van der Waals surface area contributed by atoms with Crippen molar-refractivity contribution in [1.82, 2.24) is 4.90 Å². The highest BCUT2D eigenvalue weighted by Gasteiger charge is 2.18. The van der Waals surface area contributed by atoms with Crippen molar-refractivity contribution in [3.63, 3.8) is 0 Å². The number of nitro groups is 1. The summed E-state index contributed by atoms with van der Waals surface area (Å²) in [7, 11) is 0. The first kappa shape index (κ1) is 13.4. The monoisotopic (exact) mass is 276 g/mol. The largest absolute Gasteiger partial charge is 0.358 e. The van der Waals surface area contributed by atoms with Gasteiger partial charge < -0.3 is 4.90 Å². The van der Waals surface area contributed by atoms with Gasteiger partial charge in [0, 0.05) is 13.1 Å². The molecule has 0 fully saturated rings. The minimum Gasteiger partial charge on any atom is -0.358 e. The van der Waals surface area contributed by atoms with Crippen LogP contribution in [-0.4, -0.2) is 27.2 Å². The van der Waals surface area contributed by atoms with Crippen LogP contribution in [0.25, 0.3) is 0 Å². The Bertz CT molecular complexity index is 388. The fraction of sp³-hybridized carbons (Fsp3) is 0.444. The Hall–Kier alpha value is -0.660. The van der Waals surface area contributed by atoms with Crippen LogP contribution in [0.5, 0.6) is 0 Å². The van der Waals surface area contributed by atoms with Gasteiger partial charge in [0.15, 0.2) is 0 Å². The van der Waals surface area contributed by atoms with Gasteiger partial charge in [-0.25, -0.2) is 0 Å². The van der Waals surface area contributed by atoms with Gasteiger partial charge in [0.2, 0.25) is 0 Å². The van der Waals surface area contributed by atoms with Crippen molar-refractivity contribution in [3.8, 4) is 0 Å². The van der Waals surface area contributed by atoms with Crippen LogP contribution in [0.15, 0.2) is 16.3 Å². The van der Waals surface area contributed by atoms with E-state index in [0.717, 1.165) is 24.4 Å². The van der Waals surface area contributed by atoms with Crippen LogP contribution in [0.1, 0.15) is 13.8 Å². The topological polar surface area (TPSA) is 46.4 Å². The minimum absolute atomic E-state index is 0.166. The van der Waals surface area contributed by atoms with E-state index < -0.39 is 0 Å². The van der Waals surface area contributed by atoms with Crippen LogP contribution < -0.4 is 0 Å². The Morgan fingerprint density at radius 2 is 2.25 bits per heavy atom. The molecule has 4 nitrogen and oxygen atoms in total. The maximum absolute atomic E-state index is 10.7. The van der Waals surface area contributed by atoms with E-state index in [2.05, 4.69) is 0 Å². The Balaban J connectivity index is 2.76. The zero-order valence-corrected chi connectivity index (χ0v) is 11.5. The van der Waals surface area contributed by atoms with Crippen molar-refractivity contribution in [3.05, 3.63) is 21.6 Å². The summed E-state index contributed by atoms with van der Waals surface area (Å²) in [4.78, 5) is 13.0. The number of hydrogen-bond acceptors (Lipinski definition) is 5. The van der Waals surface area contributed by atoms with Gasteiger partial charge in [-0.15, -0.1) is 0 Å². The van der Waals surface area contributed by atoms with Crippen molar-refractivity contribution in [2.24, 2.45) is 0 Å². The smallest absolute Gasteiger partial charge is 0.338 e. The Morgan fingerprint density at radius 3 is 2.75 bits per heavy atom. The normalized spacial score (nSPS) is 10.1. The van der Waals surface area contributed by atoms with Gasteiger partial charge in [0.1, 0.15) is 9.22 Å². The molecule has 1 aromatic rings. The van der Waals surface area contributed by atoms with E-state index in [1.807, 2.05) is 18.7 Å². The lowest BCUT2D eigenvalue weighted by molar-refractivity contribution is -0.382. The maximum Gasteiger partial charge on any atom is 0.338 e. The summed E-state index contributed by atoms with van der Waals surface area (Å²) >= 11 is 7.66. The zero-order chi connectivity index (χ0) is 12.1. The Kier molecular flexibility index (Phi) is 5.17. The molecular formula is C9H12N2O2S3. The second-order valence-corrected chi connectivity index (χ2v) is 5.46. The lowest BCUT2D eigenvalue weighted by Crippen LogP contribution is -2.26. The molecule has 1 aromatic heterocycles. The number of thioether (sulfide) groups is 1. The van der Waals surface area contributed by atoms with Gasteiger partial charge in [0.25, 0.3) is 0 Å². The number of nitrogens with zero attached hydrogens (tertiary/aromatic N) is 2. The molecule has 0 saturated heterocycles. The lowest BCUT2D eigenvalue weighted by Gasteiger charge is -2.20. The standard InChI is InChI=1S/C9H12N2O2S3/c1-3-10(4-2)9(14)16-7-5-6-15-8(7)11(12)13/h5-6H,3-4H2,1-2H3. The fourth-order valence-corrected chi connectivity index (χ4v) is 3.50. The molecule has 7 heteroatoms. The summed E-state index contributed by atoms with van der Waals surface area (Å²) in [6.07, 6.45) is 0. The molecule has 88 valence electrons. The van der Waals surface area contributed by atoms with E-state index in [1.165, 1.54) is 11.8 Å². The molecule has 1 rings (SSSR count). The molecule has 0 bridgehead atoms. The van der Waals surface area contributed by atoms with Gasteiger partial charge in [-0.3, -0.25) is 10.1 Å². The molecule has 16 heavy (non-hydrogen) atoms. The first-order chi connectivity index (χ1) is 7.60. The molecule has 0 unspecified atom stereocenters. The predicted molar refractivity (Wildman–Crippen MR) is 72.3 cm³/mol. The van der Waals surface area contributed by atoms with Crippen molar-refractivity contribution < 1.29 is 4.92 Å². The first-order valence-electron chi connectivity index (χ1n) is 4.78. The predicted octanol–water partition coefficient (Wildman–Crippen LogP) is 3.38. The van der Waals surface area contributed by atoms with Crippen molar-refractivity contribution in [2.75, 3.05) is 13.1 Å². The molecule has 0 atom stereocenters. The zero-order valence-electron chi connectivity index (χ0n) is 9.00. The molecule has 0 saturated carbocycles. The van der Waals surface area contributed by atoms with Crippen LogP contribution in [0.2, 0.25) is 0 Å². The van der Waals surface area contributed by atoms with Crippen LogP contribution in [-0.2, 0) is 0 Å². The average molecular weight is 276 g/mol. The number of thiocarbonyl (C=S) groups is 1. The molecule has 0 aliphatic rings. The Morgan fingerprint density at radius 1 is 1.62 bits per heavy atom. The first-order valence-corrected chi connectivity index (χ1v) is 6.89. The molecule has 1 heterocycles. The molecule has 0 N–H and O–H groups in total. The third-order valence-electron chi connectivity index (χ3n) is 1.99. The molecule has 0 radical (unpaired) electrons. The quantitative estimate of drug-likeness (QED) is 0.365. The Labute approximate surface area is 108 Å². The third-order valence-corrected chi connectivity index (χ3v) is 4.48. The summed E-state index contributed by atoms with van der Waals surface area (Å²) in [5.41, 5.74) is 0. The SMILES string of the molecule is CCN(CC)C(=S)Sc1ccsc1[N+](=O)[O-]. The van der Waals surface area contributed by atoms with Gasteiger partial charge in [0.05, 0.1) is 4.92 Å². The van der Waals surface area contributed by atoms with E-state index in [9.17, 15) is 10.1 Å². The molecule has 0 aliphatic carbocycles. The molecule has 0 aliphatic heterocycles. The number of rotatable bonds is 4. The van der Waals surface area contributed by atoms with Crippen LogP contribution in [0, 0.1) is 10.1 Å². The second kappa shape index (κ2) is 6.17. The van der Waals surface area contributed by atoms with Gasteiger partial charge in [-0.05, 0) is 25.3 Å². The maximum atomic E-state index is 10.7. The van der Waals surface area contributed by atoms with Crippen LogP contribution >= 0.6 is 35.3 Å². The summed E-state index contributed by atoms with van der Waals surface area (Å²) in [6, 6.07) is 1.74. The van der Waals surface area contributed by atoms with E-state index in [4.69, 9.17) is 12.2 Å². The average Bonchev–Trinajstić information content (AvgIpc) is 2.67. The molecule has 0 aromatic carbocycles. The minimum atomic E-state index is -0.363.